The molecule has 0 fully saturated rings. The van der Waals surface area contributed by atoms with E-state index in [2.05, 4.69) is 0 Å². The summed E-state index contributed by atoms with van der Waals surface area (Å²) in [5.74, 6) is -0.489. The minimum atomic E-state index is -3.51. The minimum absolute atomic E-state index is 0.00604. The van der Waals surface area contributed by atoms with Gasteiger partial charge in [0.15, 0.2) is 9.84 Å². The van der Waals surface area contributed by atoms with Gasteiger partial charge in [-0.2, -0.15) is 0 Å². The van der Waals surface area contributed by atoms with Crippen molar-refractivity contribution in [1.82, 2.24) is 4.57 Å². The molecule has 0 atom stereocenters. The number of nitrogens with zero attached hydrogens (tertiary/aromatic N) is 1. The number of aryl methyl sites for hydroxylation is 1. The van der Waals surface area contributed by atoms with Crippen molar-refractivity contribution in [2.45, 2.75) is 18.7 Å². The summed E-state index contributed by atoms with van der Waals surface area (Å²) in [5.41, 5.74) is 0.833. The maximum Gasteiger partial charge on any atom is 0.343 e. The molecule has 0 radical (unpaired) electrons. The van der Waals surface area contributed by atoms with Gasteiger partial charge in [-0.3, -0.25) is 4.79 Å². The molecule has 0 bridgehead atoms. The van der Waals surface area contributed by atoms with Gasteiger partial charge in [-0.15, -0.1) is 0 Å². The highest BCUT2D eigenvalue weighted by Crippen LogP contribution is 2.30. The molecule has 1 heterocycles. The molecule has 0 aliphatic heterocycles. The number of esters is 1. The average Bonchev–Trinajstić information content (AvgIpc) is 2.51. The summed E-state index contributed by atoms with van der Waals surface area (Å²) in [5, 5.41) is 0. The van der Waals surface area contributed by atoms with Crippen LogP contribution in [0.25, 0.3) is 0 Å². The monoisotopic (exact) mass is 365 g/mol. The Morgan fingerprint density at radius 1 is 1.16 bits per heavy atom. The molecular weight excluding hydrogens is 346 g/mol. The Morgan fingerprint density at radius 2 is 1.80 bits per heavy atom. The van der Waals surface area contributed by atoms with E-state index in [1.165, 1.54) is 29.9 Å². The number of pyridine rings is 1. The predicted molar refractivity (Wildman–Crippen MR) is 92.2 cm³/mol. The van der Waals surface area contributed by atoms with Gasteiger partial charge in [-0.05, 0) is 26.0 Å². The van der Waals surface area contributed by atoms with Crippen LogP contribution in [0.1, 0.15) is 21.6 Å². The van der Waals surface area contributed by atoms with Crippen molar-refractivity contribution in [2.24, 2.45) is 7.05 Å². The first-order valence-corrected chi connectivity index (χ1v) is 9.23. The lowest BCUT2D eigenvalue weighted by Gasteiger charge is -2.14. The van der Waals surface area contributed by atoms with Gasteiger partial charge in [0.1, 0.15) is 16.4 Å². The Labute approximate surface area is 145 Å². The van der Waals surface area contributed by atoms with E-state index in [0.29, 0.717) is 11.3 Å². The molecule has 0 N–H and O–H groups in total. The highest BCUT2D eigenvalue weighted by molar-refractivity contribution is 7.90. The van der Waals surface area contributed by atoms with E-state index < -0.39 is 15.8 Å². The van der Waals surface area contributed by atoms with Crippen molar-refractivity contribution >= 4 is 15.8 Å². The Morgan fingerprint density at radius 3 is 2.32 bits per heavy atom. The second-order valence-corrected chi connectivity index (χ2v) is 7.65. The summed E-state index contributed by atoms with van der Waals surface area (Å²) in [6.45, 7) is 3.29. The smallest absolute Gasteiger partial charge is 0.343 e. The number of rotatable bonds is 4. The topological polar surface area (TPSA) is 91.7 Å². The molecule has 2 aromatic rings. The fourth-order valence-electron chi connectivity index (χ4n) is 2.39. The third-order valence-electron chi connectivity index (χ3n) is 3.88. The average molecular weight is 365 g/mol. The van der Waals surface area contributed by atoms with Crippen LogP contribution in [0, 0.1) is 13.8 Å². The molecule has 0 saturated heterocycles. The van der Waals surface area contributed by atoms with Crippen molar-refractivity contribution in [3.8, 4) is 11.5 Å². The van der Waals surface area contributed by atoms with Gasteiger partial charge in [-0.1, -0.05) is 0 Å². The SMILES string of the molecule is COc1c(S(C)(=O)=O)ccc(C(=O)Oc2cc(C)n(C)c(=O)c2)c1C. The van der Waals surface area contributed by atoms with Gasteiger partial charge in [0.25, 0.3) is 5.56 Å². The van der Waals surface area contributed by atoms with E-state index in [1.807, 2.05) is 0 Å². The fourth-order valence-corrected chi connectivity index (χ4v) is 3.28. The van der Waals surface area contributed by atoms with Crippen molar-refractivity contribution in [2.75, 3.05) is 13.4 Å². The van der Waals surface area contributed by atoms with Crippen molar-refractivity contribution in [3.63, 3.8) is 0 Å². The Balaban J connectivity index is 2.46. The number of ether oxygens (including phenoxy) is 2. The second-order valence-electron chi connectivity index (χ2n) is 5.66. The van der Waals surface area contributed by atoms with Crippen molar-refractivity contribution in [3.05, 3.63) is 51.4 Å². The van der Waals surface area contributed by atoms with E-state index in [-0.39, 0.29) is 27.5 Å². The Hall–Kier alpha value is -2.61. The first-order chi connectivity index (χ1) is 11.6. The Kier molecular flexibility index (Phi) is 5.03. The van der Waals surface area contributed by atoms with Crippen LogP contribution in [-0.4, -0.2) is 32.3 Å². The summed E-state index contributed by atoms with van der Waals surface area (Å²) in [4.78, 5) is 24.2. The van der Waals surface area contributed by atoms with Gasteiger partial charge in [0.2, 0.25) is 0 Å². The fraction of sp³-hybridized carbons (Fsp3) is 0.294. The number of sulfone groups is 1. The van der Waals surface area contributed by atoms with Gasteiger partial charge in [-0.25, -0.2) is 13.2 Å². The lowest BCUT2D eigenvalue weighted by Crippen LogP contribution is -2.19. The van der Waals surface area contributed by atoms with Crippen molar-refractivity contribution in [1.29, 1.82) is 0 Å². The number of methoxy groups -OCH3 is 1. The molecule has 1 aromatic carbocycles. The van der Waals surface area contributed by atoms with E-state index >= 15 is 0 Å². The number of aromatic nitrogens is 1. The van der Waals surface area contributed by atoms with Gasteiger partial charge < -0.3 is 14.0 Å². The summed E-state index contributed by atoms with van der Waals surface area (Å²) in [6, 6.07) is 5.44. The molecule has 2 rings (SSSR count). The zero-order valence-electron chi connectivity index (χ0n) is 14.6. The quantitative estimate of drug-likeness (QED) is 0.765. The van der Waals surface area contributed by atoms with Crippen LogP contribution in [0.15, 0.2) is 34.0 Å². The predicted octanol–water partition coefficient (Wildman–Crippen LogP) is 1.63. The number of hydrogen-bond acceptors (Lipinski definition) is 6. The molecule has 0 spiro atoms. The molecule has 1 aromatic heterocycles. The normalized spacial score (nSPS) is 11.2. The highest BCUT2D eigenvalue weighted by atomic mass is 32.2. The van der Waals surface area contributed by atoms with Crippen LogP contribution in [-0.2, 0) is 16.9 Å². The summed E-state index contributed by atoms with van der Waals surface area (Å²) >= 11 is 0. The minimum Gasteiger partial charge on any atom is -0.495 e. The van der Waals surface area contributed by atoms with Crippen LogP contribution in [0.4, 0.5) is 0 Å². The zero-order valence-corrected chi connectivity index (χ0v) is 15.4. The molecule has 25 heavy (non-hydrogen) atoms. The number of hydrogen-bond donors (Lipinski definition) is 0. The standard InChI is InChI=1S/C17H19NO6S/c1-10-8-12(9-15(19)18(10)3)24-17(20)13-6-7-14(25(5,21)22)16(23-4)11(13)2/h6-9H,1-5H3. The van der Waals surface area contributed by atoms with E-state index in [9.17, 15) is 18.0 Å². The van der Waals surface area contributed by atoms with E-state index in [1.54, 1.807) is 27.0 Å². The second kappa shape index (κ2) is 6.72. The third kappa shape index (κ3) is 3.74. The number of benzene rings is 1. The number of carbonyl (C=O) groups is 1. The largest absolute Gasteiger partial charge is 0.495 e. The van der Waals surface area contributed by atoms with Crippen LogP contribution >= 0.6 is 0 Å². The molecule has 0 aliphatic carbocycles. The molecule has 0 amide bonds. The van der Waals surface area contributed by atoms with Crippen LogP contribution in [0.3, 0.4) is 0 Å². The van der Waals surface area contributed by atoms with E-state index in [4.69, 9.17) is 9.47 Å². The van der Waals surface area contributed by atoms with Crippen LogP contribution in [0.2, 0.25) is 0 Å². The van der Waals surface area contributed by atoms with E-state index in [0.717, 1.165) is 6.26 Å². The third-order valence-corrected chi connectivity index (χ3v) is 5.00. The van der Waals surface area contributed by atoms with Crippen LogP contribution in [0.5, 0.6) is 11.5 Å². The van der Waals surface area contributed by atoms with Gasteiger partial charge in [0, 0.05) is 36.7 Å². The molecular formula is C17H19NO6S. The Bertz CT molecular complexity index is 1000. The number of carbonyl (C=O) groups excluding carboxylic acids is 1. The first-order valence-electron chi connectivity index (χ1n) is 7.33. The zero-order chi connectivity index (χ0) is 18.9. The summed E-state index contributed by atoms with van der Waals surface area (Å²) in [7, 11) is -0.564. The molecule has 0 unspecified atom stereocenters. The maximum absolute atomic E-state index is 12.4. The molecule has 0 aliphatic rings. The molecule has 0 saturated carbocycles. The molecule has 134 valence electrons. The van der Waals surface area contributed by atoms with Crippen molar-refractivity contribution < 1.29 is 22.7 Å². The van der Waals surface area contributed by atoms with Gasteiger partial charge in [0.05, 0.1) is 12.7 Å². The highest BCUT2D eigenvalue weighted by Gasteiger charge is 2.22. The van der Waals surface area contributed by atoms with Crippen LogP contribution < -0.4 is 15.0 Å². The molecule has 7 nitrogen and oxygen atoms in total. The maximum atomic E-state index is 12.4. The lowest BCUT2D eigenvalue weighted by molar-refractivity contribution is 0.0733. The van der Waals surface area contributed by atoms with Gasteiger partial charge >= 0.3 is 5.97 Å². The first kappa shape index (κ1) is 18.7. The summed E-state index contributed by atoms with van der Waals surface area (Å²) < 4.78 is 35.5. The lowest BCUT2D eigenvalue weighted by atomic mass is 10.1. The molecule has 8 heteroatoms. The summed E-state index contributed by atoms with van der Waals surface area (Å²) in [6.07, 6.45) is 1.06.